The van der Waals surface area contributed by atoms with Gasteiger partial charge in [0.25, 0.3) is 0 Å². The summed E-state index contributed by atoms with van der Waals surface area (Å²) in [5.74, 6) is -1.31. The molecule has 5 atom stereocenters. The summed E-state index contributed by atoms with van der Waals surface area (Å²) in [5.41, 5.74) is 0. The Kier molecular flexibility index (Phi) is 79.2. The fraction of sp³-hybridized carbons (Fsp3) is 0.955. The number of aliphatic hydroxyl groups is 1. The van der Waals surface area contributed by atoms with Gasteiger partial charge < -0.3 is 33.8 Å². The summed E-state index contributed by atoms with van der Waals surface area (Å²) in [6.45, 7) is 7.39. The summed E-state index contributed by atoms with van der Waals surface area (Å²) < 4.78 is 69.0. The summed E-state index contributed by atoms with van der Waals surface area (Å²) in [7, 11) is -9.93. The second-order valence-electron chi connectivity index (χ2n) is 32.1. The van der Waals surface area contributed by atoms with Crippen molar-refractivity contribution in [3.05, 3.63) is 0 Å². The smallest absolute Gasteiger partial charge is 0.462 e. The third kappa shape index (κ3) is 81.9. The van der Waals surface area contributed by atoms with Gasteiger partial charge in [-0.3, -0.25) is 37.3 Å². The quantitative estimate of drug-likeness (QED) is 0.0222. The standard InChI is InChI=1S/C88H172O17P2/c1-6-9-12-15-18-21-24-26-28-30-32-33-34-35-37-39-43-48-53-58-63-68-73-87(92)105-84(78-99-86(91)72-67-62-57-52-47-42-38-36-31-29-27-25-22-19-16-13-10-7-2)80-103-107(96,97)101-76-82(89)75-100-106(94,95)102-79-83(77-98-85(90)71-66-61-56-51-45-23-20-17-14-11-8-3)104-88(93)74-69-64-59-54-49-44-40-41-46-50-55-60-65-70-81(4)5/h81-84,89H,6-80H2,1-5H3,(H,94,95)(H,96,97)/t82-,83+,84+/m0/s1. The Bertz CT molecular complexity index is 2030. The van der Waals surface area contributed by atoms with Crippen LogP contribution in [0.4, 0.5) is 0 Å². The molecule has 0 amide bonds. The molecule has 107 heavy (non-hydrogen) atoms. The van der Waals surface area contributed by atoms with Gasteiger partial charge >= 0.3 is 39.5 Å². The largest absolute Gasteiger partial charge is 0.472 e. The molecule has 17 nitrogen and oxygen atoms in total. The third-order valence-corrected chi connectivity index (χ3v) is 22.7. The summed E-state index contributed by atoms with van der Waals surface area (Å²) >= 11 is 0. The number of hydrogen-bond donors (Lipinski definition) is 3. The molecule has 636 valence electrons. The fourth-order valence-electron chi connectivity index (χ4n) is 13.8. The normalized spacial score (nSPS) is 13.7. The number of phosphoric ester groups is 2. The Morgan fingerprint density at radius 1 is 0.252 bits per heavy atom. The van der Waals surface area contributed by atoms with Crippen LogP contribution in [0.3, 0.4) is 0 Å². The Balaban J connectivity index is 5.23. The van der Waals surface area contributed by atoms with Crippen LogP contribution in [-0.4, -0.2) is 96.7 Å². The summed E-state index contributed by atoms with van der Waals surface area (Å²) in [6.07, 6.45) is 75.0. The van der Waals surface area contributed by atoms with Crippen LogP contribution in [0.15, 0.2) is 0 Å². The van der Waals surface area contributed by atoms with E-state index in [-0.39, 0.29) is 25.7 Å². The van der Waals surface area contributed by atoms with Gasteiger partial charge in [-0.15, -0.1) is 0 Å². The van der Waals surface area contributed by atoms with Crippen LogP contribution in [0.5, 0.6) is 0 Å². The van der Waals surface area contributed by atoms with E-state index in [4.69, 9.17) is 37.0 Å². The van der Waals surface area contributed by atoms with Crippen molar-refractivity contribution < 1.29 is 80.2 Å². The van der Waals surface area contributed by atoms with E-state index in [1.54, 1.807) is 0 Å². The van der Waals surface area contributed by atoms with Gasteiger partial charge in [-0.25, -0.2) is 9.13 Å². The van der Waals surface area contributed by atoms with Crippen LogP contribution in [-0.2, 0) is 65.4 Å². The van der Waals surface area contributed by atoms with Crippen molar-refractivity contribution in [2.75, 3.05) is 39.6 Å². The van der Waals surface area contributed by atoms with E-state index in [0.29, 0.717) is 25.7 Å². The van der Waals surface area contributed by atoms with Crippen molar-refractivity contribution in [3.63, 3.8) is 0 Å². The molecule has 0 saturated carbocycles. The van der Waals surface area contributed by atoms with Crippen molar-refractivity contribution >= 4 is 39.5 Å². The van der Waals surface area contributed by atoms with E-state index in [1.165, 1.54) is 302 Å². The highest BCUT2D eigenvalue weighted by Gasteiger charge is 2.30. The van der Waals surface area contributed by atoms with Crippen LogP contribution >= 0.6 is 15.6 Å². The van der Waals surface area contributed by atoms with Gasteiger partial charge in [0.05, 0.1) is 26.4 Å². The molecule has 0 heterocycles. The number of carbonyl (C=O) groups excluding carboxylic acids is 4. The molecule has 0 aliphatic heterocycles. The second kappa shape index (κ2) is 80.7. The zero-order valence-electron chi connectivity index (χ0n) is 70.3. The van der Waals surface area contributed by atoms with Gasteiger partial charge in [0, 0.05) is 25.7 Å². The molecular weight excluding hydrogens is 1390 g/mol. The lowest BCUT2D eigenvalue weighted by atomic mass is 10.0. The van der Waals surface area contributed by atoms with Gasteiger partial charge in [0.15, 0.2) is 12.2 Å². The molecule has 0 saturated heterocycles. The average Bonchev–Trinajstić information content (AvgIpc) is 0.903. The number of aliphatic hydroxyl groups excluding tert-OH is 1. The molecule has 0 aromatic heterocycles. The first-order valence-corrected chi connectivity index (χ1v) is 48.6. The average molecular weight is 1560 g/mol. The Hall–Kier alpha value is -1.94. The summed E-state index contributed by atoms with van der Waals surface area (Å²) in [4.78, 5) is 73.3. The molecular formula is C88H172O17P2. The highest BCUT2D eigenvalue weighted by Crippen LogP contribution is 2.45. The first-order chi connectivity index (χ1) is 52.0. The summed E-state index contributed by atoms with van der Waals surface area (Å²) in [5, 5.41) is 10.7. The van der Waals surface area contributed by atoms with E-state index in [0.717, 1.165) is 95.8 Å². The first kappa shape index (κ1) is 105. The highest BCUT2D eigenvalue weighted by atomic mass is 31.2. The van der Waals surface area contributed by atoms with E-state index in [9.17, 15) is 43.2 Å². The van der Waals surface area contributed by atoms with Crippen molar-refractivity contribution in [2.45, 2.75) is 496 Å². The van der Waals surface area contributed by atoms with Crippen LogP contribution in [0.25, 0.3) is 0 Å². The van der Waals surface area contributed by atoms with Crippen molar-refractivity contribution in [1.82, 2.24) is 0 Å². The second-order valence-corrected chi connectivity index (χ2v) is 35.0. The molecule has 0 spiro atoms. The predicted octanol–water partition coefficient (Wildman–Crippen LogP) is 27.2. The van der Waals surface area contributed by atoms with E-state index in [2.05, 4.69) is 34.6 Å². The van der Waals surface area contributed by atoms with E-state index in [1.807, 2.05) is 0 Å². The molecule has 0 fully saturated rings. The molecule has 3 N–H and O–H groups in total. The molecule has 19 heteroatoms. The zero-order valence-corrected chi connectivity index (χ0v) is 72.1. The van der Waals surface area contributed by atoms with Gasteiger partial charge in [0.1, 0.15) is 19.3 Å². The first-order valence-electron chi connectivity index (χ1n) is 45.6. The maximum Gasteiger partial charge on any atom is 0.472 e. The number of ether oxygens (including phenoxy) is 4. The van der Waals surface area contributed by atoms with Crippen molar-refractivity contribution in [3.8, 4) is 0 Å². The van der Waals surface area contributed by atoms with Crippen LogP contribution < -0.4 is 0 Å². The Labute approximate surface area is 658 Å². The maximum absolute atomic E-state index is 13.2. The number of carbonyl (C=O) groups is 4. The minimum absolute atomic E-state index is 0.108. The van der Waals surface area contributed by atoms with E-state index >= 15 is 0 Å². The van der Waals surface area contributed by atoms with Gasteiger partial charge in [-0.1, -0.05) is 426 Å². The molecule has 0 radical (unpaired) electrons. The van der Waals surface area contributed by atoms with Crippen molar-refractivity contribution in [1.29, 1.82) is 0 Å². The van der Waals surface area contributed by atoms with Gasteiger partial charge in [-0.2, -0.15) is 0 Å². The minimum atomic E-state index is -4.97. The molecule has 0 rings (SSSR count). The molecule has 0 aromatic carbocycles. The van der Waals surface area contributed by atoms with E-state index < -0.39 is 97.5 Å². The third-order valence-electron chi connectivity index (χ3n) is 20.8. The topological polar surface area (TPSA) is 237 Å². The summed E-state index contributed by atoms with van der Waals surface area (Å²) in [6, 6.07) is 0. The SMILES string of the molecule is CCCCCCCCCCCCCCCCCCCCCCCCC(=O)O[C@H](COC(=O)CCCCCCCCCCCCCCCCCCCC)COP(=O)(O)OC[C@@H](O)COP(=O)(O)OC[C@@H](COC(=O)CCCCCCCCCCCCC)OC(=O)CCCCCCCCCCCCCCCC(C)C. The van der Waals surface area contributed by atoms with Crippen LogP contribution in [0, 0.1) is 5.92 Å². The van der Waals surface area contributed by atoms with Gasteiger partial charge in [-0.05, 0) is 31.6 Å². The van der Waals surface area contributed by atoms with Crippen molar-refractivity contribution in [2.24, 2.45) is 5.92 Å². The molecule has 2 unspecified atom stereocenters. The predicted molar refractivity (Wildman–Crippen MR) is 442 cm³/mol. The fourth-order valence-corrected chi connectivity index (χ4v) is 15.4. The monoisotopic (exact) mass is 1560 g/mol. The number of hydrogen-bond acceptors (Lipinski definition) is 15. The Morgan fingerprint density at radius 3 is 0.636 bits per heavy atom. The van der Waals surface area contributed by atoms with Gasteiger partial charge in [0.2, 0.25) is 0 Å². The minimum Gasteiger partial charge on any atom is -0.462 e. The number of phosphoric acid groups is 2. The lowest BCUT2D eigenvalue weighted by molar-refractivity contribution is -0.161. The molecule has 0 aliphatic rings. The number of rotatable bonds is 88. The lowest BCUT2D eigenvalue weighted by Gasteiger charge is -2.21. The maximum atomic E-state index is 13.2. The lowest BCUT2D eigenvalue weighted by Crippen LogP contribution is -2.30. The Morgan fingerprint density at radius 2 is 0.430 bits per heavy atom. The molecule has 0 bridgehead atoms. The highest BCUT2D eigenvalue weighted by molar-refractivity contribution is 7.47. The molecule has 0 aromatic rings. The van der Waals surface area contributed by atoms with Crippen LogP contribution in [0.1, 0.15) is 478 Å². The van der Waals surface area contributed by atoms with Crippen LogP contribution in [0.2, 0.25) is 0 Å². The molecule has 0 aliphatic carbocycles. The number of esters is 4. The number of unbranched alkanes of at least 4 members (excludes halogenated alkanes) is 60. The zero-order chi connectivity index (χ0) is 78.3.